The number of amides is 18. The predicted molar refractivity (Wildman–Crippen MR) is 399 cm³/mol. The van der Waals surface area contributed by atoms with Crippen molar-refractivity contribution in [2.45, 2.75) is 282 Å². The second-order valence-electron chi connectivity index (χ2n) is 27.1. The molecule has 0 aliphatic carbocycles. The maximum absolute atomic E-state index is 14.0. The Morgan fingerprint density at radius 3 is 0.549 bits per heavy atom. The molecule has 45 heteroatoms. The zero-order valence-electron chi connectivity index (χ0n) is 65.8. The van der Waals surface area contributed by atoms with Crippen LogP contribution in [0.15, 0.2) is 0 Å². The van der Waals surface area contributed by atoms with Crippen LogP contribution >= 0.6 is 0 Å². The van der Waals surface area contributed by atoms with Gasteiger partial charge in [0.1, 0.15) is 103 Å². The van der Waals surface area contributed by atoms with Gasteiger partial charge in [-0.2, -0.15) is 0 Å². The van der Waals surface area contributed by atoms with E-state index in [1.54, 1.807) is 0 Å². The minimum absolute atomic E-state index is 0.116. The first kappa shape index (κ1) is 102. The van der Waals surface area contributed by atoms with Gasteiger partial charge < -0.3 is 129 Å². The molecular weight excluding hydrogens is 1490 g/mol. The molecule has 28 N–H and O–H groups in total. The van der Waals surface area contributed by atoms with E-state index in [-0.39, 0.29) is 45.2 Å². The van der Waals surface area contributed by atoms with Gasteiger partial charge in [0.15, 0.2) is 0 Å². The standard InChI is InChI=1S/C68H117N21O24/c1-31(52(72)97)74-63(108)43(19-13-16-28-69)84-60(105)39(9)78-53(98)33(3)76-57(102)37(7)82-65(110)47(23-26-50(93)94)88-68(113)45(21-15-18-30-71)86-62(107)41(11)80-55(100)35(5)77-58(103)38(8)83-66(111)48(24-27-51(95)96)89-67(112)44(20-14-17-29-70)85-61(106)40(10)79-54(99)34(4)75-56(101)36(6)81-64(109)46(22-25-49(91)92)87-59(104)32(2)73-42(12)90/h31-41,43-48H,13-30,69-71H2,1-12H3,(H2,72,97)(H,73,90)(H,74,108)(H,75,101)(H,76,102)(H,77,103)(H,78,98)(H,79,99)(H,80,100)(H,81,109)(H,82,110)(H,83,111)(H,84,105)(H,85,106)(H,86,107)(H,87,104)(H,88,113)(H,89,112)(H,91,92)(H,93,94)(H,95,96)/t31-,32-,33-,34-,35-,36-,37-,38-,39-,40-,41-,43-,44-,45-,46-,47-,48-/m0/s1. The molecule has 0 aromatic rings. The highest BCUT2D eigenvalue weighted by Crippen LogP contribution is 2.11. The van der Waals surface area contributed by atoms with Crippen LogP contribution in [-0.4, -0.2) is 262 Å². The number of unbranched alkanes of at least 4 members (excludes halogenated alkanes) is 3. The highest BCUT2D eigenvalue weighted by molar-refractivity contribution is 6.01. The summed E-state index contributed by atoms with van der Waals surface area (Å²) in [6.45, 7) is 15.3. The minimum Gasteiger partial charge on any atom is -0.481 e. The summed E-state index contributed by atoms with van der Waals surface area (Å²) < 4.78 is 0. The van der Waals surface area contributed by atoms with Crippen LogP contribution in [0, 0.1) is 0 Å². The van der Waals surface area contributed by atoms with Gasteiger partial charge in [-0.3, -0.25) is 101 Å². The average molecular weight is 1610 g/mol. The molecule has 0 aromatic carbocycles. The average Bonchev–Trinajstić information content (AvgIpc) is 0.893. The van der Waals surface area contributed by atoms with Crippen molar-refractivity contribution >= 4 is 124 Å². The lowest BCUT2D eigenvalue weighted by Gasteiger charge is -2.26. The van der Waals surface area contributed by atoms with Crippen LogP contribution in [0.4, 0.5) is 0 Å². The lowest BCUT2D eigenvalue weighted by Crippen LogP contribution is -2.60. The van der Waals surface area contributed by atoms with Gasteiger partial charge >= 0.3 is 17.9 Å². The van der Waals surface area contributed by atoms with Gasteiger partial charge in [0, 0.05) is 26.2 Å². The van der Waals surface area contributed by atoms with Crippen molar-refractivity contribution in [3.8, 4) is 0 Å². The van der Waals surface area contributed by atoms with Gasteiger partial charge in [0.25, 0.3) is 0 Å². The van der Waals surface area contributed by atoms with E-state index in [9.17, 15) is 116 Å². The van der Waals surface area contributed by atoms with E-state index >= 15 is 0 Å². The lowest BCUT2D eigenvalue weighted by atomic mass is 10.1. The van der Waals surface area contributed by atoms with Crippen LogP contribution in [0.25, 0.3) is 0 Å². The third-order valence-corrected chi connectivity index (χ3v) is 16.9. The number of carbonyl (C=O) groups is 21. The second kappa shape index (κ2) is 52.8. The maximum atomic E-state index is 14.0. The third kappa shape index (κ3) is 41.0. The van der Waals surface area contributed by atoms with Crippen molar-refractivity contribution in [3.63, 3.8) is 0 Å². The van der Waals surface area contributed by atoms with Gasteiger partial charge in [-0.15, -0.1) is 0 Å². The first-order valence-electron chi connectivity index (χ1n) is 36.9. The molecule has 0 bridgehead atoms. The SMILES string of the molecule is CC(=O)N[C@@H](C)C(=O)N[C@@H](CCC(=O)O)C(=O)N[C@@H](C)C(=O)N[C@@H](C)C(=O)N[C@@H](C)C(=O)N[C@@H](CCCCN)C(=O)N[C@@H](CCC(=O)O)C(=O)N[C@@H](C)C(=O)N[C@@H](C)C(=O)N[C@@H](C)C(=O)N[C@@H](CCCCN)C(=O)N[C@@H](CCC(=O)O)C(=O)N[C@@H](C)C(=O)N[C@@H](C)C(=O)N[C@@H](C)C(=O)N[C@@H](CCCCN)C(=O)N[C@@H](C)C(N)=O. The van der Waals surface area contributed by atoms with Crippen molar-refractivity contribution in [3.05, 3.63) is 0 Å². The Kier molecular flexibility index (Phi) is 47.6. The van der Waals surface area contributed by atoms with E-state index in [1.807, 2.05) is 0 Å². The van der Waals surface area contributed by atoms with Crippen molar-refractivity contribution < 1.29 is 116 Å². The summed E-state index contributed by atoms with van der Waals surface area (Å²) in [6.07, 6.45) is -1.62. The summed E-state index contributed by atoms with van der Waals surface area (Å²) in [5, 5.41) is 68.7. The molecule has 0 unspecified atom stereocenters. The van der Waals surface area contributed by atoms with E-state index in [1.165, 1.54) is 76.2 Å². The summed E-state index contributed by atoms with van der Waals surface area (Å²) in [6, 6.07) is -23.9. The van der Waals surface area contributed by atoms with E-state index in [0.29, 0.717) is 32.2 Å². The number of aliphatic carboxylic acids is 3. The molecule has 0 fully saturated rings. The molecule has 45 nitrogen and oxygen atoms in total. The molecule has 0 heterocycles. The molecule has 0 spiro atoms. The van der Waals surface area contributed by atoms with Crippen LogP contribution in [0.5, 0.6) is 0 Å². The van der Waals surface area contributed by atoms with E-state index < -0.39 is 265 Å². The molecule has 0 radical (unpaired) electrons. The fourth-order valence-corrected chi connectivity index (χ4v) is 9.94. The number of carbonyl (C=O) groups excluding carboxylic acids is 18. The number of primary amides is 1. The van der Waals surface area contributed by atoms with Gasteiger partial charge in [-0.25, -0.2) is 0 Å². The van der Waals surface area contributed by atoms with E-state index in [4.69, 9.17) is 22.9 Å². The highest BCUT2D eigenvalue weighted by Gasteiger charge is 2.36. The normalized spacial score (nSPS) is 15.4. The number of nitrogens with two attached hydrogens (primary N) is 4. The Morgan fingerprint density at radius 2 is 0.372 bits per heavy atom. The number of carboxylic acids is 3. The van der Waals surface area contributed by atoms with Gasteiger partial charge in [-0.05, 0) is 173 Å². The maximum Gasteiger partial charge on any atom is 0.303 e. The number of hydrogen-bond acceptors (Lipinski definition) is 24. The smallest absolute Gasteiger partial charge is 0.303 e. The van der Waals surface area contributed by atoms with Crippen molar-refractivity contribution in [2.24, 2.45) is 22.9 Å². The number of hydrogen-bond donors (Lipinski definition) is 24. The lowest BCUT2D eigenvalue weighted by molar-refractivity contribution is -0.139. The molecule has 0 saturated heterocycles. The largest absolute Gasteiger partial charge is 0.481 e. The van der Waals surface area contributed by atoms with Gasteiger partial charge in [-0.1, -0.05) is 0 Å². The quantitative estimate of drug-likeness (QED) is 0.0252. The van der Waals surface area contributed by atoms with Crippen LogP contribution in [0.2, 0.25) is 0 Å². The van der Waals surface area contributed by atoms with Crippen LogP contribution in [-0.2, 0) is 101 Å². The highest BCUT2D eigenvalue weighted by atomic mass is 16.4. The summed E-state index contributed by atoms with van der Waals surface area (Å²) >= 11 is 0. The molecule has 0 aromatic heterocycles. The fourth-order valence-electron chi connectivity index (χ4n) is 9.94. The summed E-state index contributed by atoms with van der Waals surface area (Å²) in [4.78, 5) is 272. The molecule has 0 aliphatic rings. The monoisotopic (exact) mass is 1610 g/mol. The topological polar surface area (TPSA) is 728 Å². The minimum atomic E-state index is -1.69. The number of rotatable bonds is 55. The molecule has 0 saturated carbocycles. The Bertz CT molecular complexity index is 3350. The summed E-state index contributed by atoms with van der Waals surface area (Å²) in [5.41, 5.74) is 22.2. The first-order chi connectivity index (χ1) is 52.7. The molecular formula is C68H117N21O24. The van der Waals surface area contributed by atoms with Crippen LogP contribution in [0.1, 0.15) is 179 Å². The fraction of sp³-hybridized carbons (Fsp3) is 0.691. The van der Waals surface area contributed by atoms with Crippen LogP contribution in [0.3, 0.4) is 0 Å². The Balaban J connectivity index is 6.13. The summed E-state index contributed by atoms with van der Waals surface area (Å²) in [5.74, 6) is -20.7. The third-order valence-electron chi connectivity index (χ3n) is 16.9. The van der Waals surface area contributed by atoms with Gasteiger partial charge in [0.05, 0.1) is 0 Å². The van der Waals surface area contributed by atoms with Crippen molar-refractivity contribution in [1.82, 2.24) is 90.4 Å². The first-order valence-corrected chi connectivity index (χ1v) is 36.9. The molecule has 18 amide bonds. The van der Waals surface area contributed by atoms with Crippen molar-refractivity contribution in [2.75, 3.05) is 19.6 Å². The Morgan fingerprint density at radius 1 is 0.221 bits per heavy atom. The van der Waals surface area contributed by atoms with Crippen molar-refractivity contribution in [1.29, 1.82) is 0 Å². The molecule has 113 heavy (non-hydrogen) atoms. The molecule has 0 rings (SSSR count). The zero-order chi connectivity index (χ0) is 86.7. The number of nitrogens with one attached hydrogen (secondary N) is 17. The Hall–Kier alpha value is -11.2. The molecule has 17 atom stereocenters. The van der Waals surface area contributed by atoms with Crippen LogP contribution < -0.4 is 113 Å². The van der Waals surface area contributed by atoms with E-state index in [2.05, 4.69) is 90.4 Å². The second-order valence-corrected chi connectivity index (χ2v) is 27.1. The van der Waals surface area contributed by atoms with Gasteiger partial charge in [0.2, 0.25) is 106 Å². The van der Waals surface area contributed by atoms with E-state index in [0.717, 1.165) is 6.92 Å². The predicted octanol–water partition coefficient (Wildman–Crippen LogP) is -9.07. The molecule has 0 aliphatic heterocycles. The molecule has 638 valence electrons. The zero-order valence-corrected chi connectivity index (χ0v) is 65.8. The number of carboxylic acid groups (broad SMARTS) is 3. The Labute approximate surface area is 653 Å². The summed E-state index contributed by atoms with van der Waals surface area (Å²) in [7, 11) is 0.